The highest BCUT2D eigenvalue weighted by Gasteiger charge is 2.30. The van der Waals surface area contributed by atoms with Gasteiger partial charge in [0, 0.05) is 14.0 Å². The fourth-order valence-electron chi connectivity index (χ4n) is 2.80. The number of amides is 4. The predicted molar refractivity (Wildman–Crippen MR) is 110 cm³/mol. The molecule has 0 bridgehead atoms. The van der Waals surface area contributed by atoms with Gasteiger partial charge in [0.25, 0.3) is 0 Å². The monoisotopic (exact) mass is 415 g/mol. The number of carbonyl (C=O) groups excluding carboxylic acids is 4. The maximum Gasteiger partial charge on any atom is 0.245 e. The van der Waals surface area contributed by atoms with Crippen LogP contribution in [0.2, 0.25) is 0 Å². The van der Waals surface area contributed by atoms with Crippen molar-refractivity contribution in [3.63, 3.8) is 0 Å². The summed E-state index contributed by atoms with van der Waals surface area (Å²) in [5.41, 5.74) is 5.51. The number of hydrogen-bond acceptors (Lipinski definition) is 6. The summed E-state index contributed by atoms with van der Waals surface area (Å²) in [6.45, 7) is 6.91. The van der Waals surface area contributed by atoms with Crippen LogP contribution in [0.25, 0.3) is 0 Å². The molecule has 0 saturated carbocycles. The number of nitrogens with one attached hydrogen (secondary N) is 4. The van der Waals surface area contributed by atoms with E-state index in [0.29, 0.717) is 32.2 Å². The van der Waals surface area contributed by atoms with Crippen LogP contribution in [0.1, 0.15) is 53.4 Å². The van der Waals surface area contributed by atoms with Crippen LogP contribution in [0.4, 0.5) is 0 Å². The summed E-state index contributed by atoms with van der Waals surface area (Å²) in [6.07, 6.45) is 0.853. The number of nitrogens with two attached hydrogens (primary N) is 1. The number of carbonyl (C=O) groups is 4. The van der Waals surface area contributed by atoms with Gasteiger partial charge in [-0.25, -0.2) is 0 Å². The summed E-state index contributed by atoms with van der Waals surface area (Å²) >= 11 is 0. The highest BCUT2D eigenvalue weighted by atomic mass is 16.3. The van der Waals surface area contributed by atoms with Crippen molar-refractivity contribution in [2.24, 2.45) is 11.7 Å². The largest absolute Gasteiger partial charge is 0.391 e. The Kier molecular flexibility index (Phi) is 12.8. The first-order chi connectivity index (χ1) is 13.5. The summed E-state index contributed by atoms with van der Waals surface area (Å²) < 4.78 is 0. The molecule has 0 saturated heterocycles. The lowest BCUT2D eigenvalue weighted by molar-refractivity contribution is -0.135. The Bertz CT molecular complexity index is 553. The standard InChI is InChI=1S/C19H37N5O5/c1-11(2)10-15(17(27)21-5)24-18(28)14(8-6-7-9-20)23-19(29)16(12(3)25)22-13(4)26/h11-12,14-16,25H,6-10,20H2,1-5H3,(H,21,27)(H,22,26)(H,23,29)(H,24,28)/t12-,14+,15+,16+/m1/s1. The molecule has 0 heterocycles. The number of aliphatic hydroxyl groups excluding tert-OH is 1. The van der Waals surface area contributed by atoms with Crippen LogP contribution in [-0.4, -0.2) is 66.6 Å². The molecule has 0 aromatic rings. The zero-order chi connectivity index (χ0) is 22.6. The minimum Gasteiger partial charge on any atom is -0.391 e. The number of likely N-dealkylation sites (N-methyl/N-ethyl adjacent to an activating group) is 1. The van der Waals surface area contributed by atoms with Crippen molar-refractivity contribution < 1.29 is 24.3 Å². The fourth-order valence-corrected chi connectivity index (χ4v) is 2.80. The van der Waals surface area contributed by atoms with Gasteiger partial charge in [-0.3, -0.25) is 19.2 Å². The molecule has 4 amide bonds. The Morgan fingerprint density at radius 1 is 0.897 bits per heavy atom. The van der Waals surface area contributed by atoms with Crippen LogP contribution in [0.3, 0.4) is 0 Å². The quantitative estimate of drug-likeness (QED) is 0.206. The molecule has 0 aliphatic heterocycles. The number of rotatable bonds is 13. The summed E-state index contributed by atoms with van der Waals surface area (Å²) in [7, 11) is 1.49. The van der Waals surface area contributed by atoms with Crippen LogP contribution in [0.5, 0.6) is 0 Å². The van der Waals surface area contributed by atoms with Gasteiger partial charge in [0.1, 0.15) is 18.1 Å². The van der Waals surface area contributed by atoms with E-state index in [1.807, 2.05) is 13.8 Å². The topological polar surface area (TPSA) is 163 Å². The predicted octanol–water partition coefficient (Wildman–Crippen LogP) is -1.24. The molecular formula is C19H37N5O5. The zero-order valence-electron chi connectivity index (χ0n) is 18.1. The lowest BCUT2D eigenvalue weighted by Gasteiger charge is -2.26. The van der Waals surface area contributed by atoms with Crippen molar-refractivity contribution in [2.75, 3.05) is 13.6 Å². The summed E-state index contributed by atoms with van der Waals surface area (Å²) in [4.78, 5) is 48.8. The Morgan fingerprint density at radius 2 is 1.48 bits per heavy atom. The zero-order valence-corrected chi connectivity index (χ0v) is 18.1. The van der Waals surface area contributed by atoms with Gasteiger partial charge >= 0.3 is 0 Å². The van der Waals surface area contributed by atoms with Crippen molar-refractivity contribution in [3.8, 4) is 0 Å². The Morgan fingerprint density at radius 3 is 1.93 bits per heavy atom. The molecule has 0 unspecified atom stereocenters. The van der Waals surface area contributed by atoms with Gasteiger partial charge in [0.05, 0.1) is 6.10 Å². The molecule has 0 spiro atoms. The highest BCUT2D eigenvalue weighted by molar-refractivity contribution is 5.94. The average molecular weight is 416 g/mol. The normalized spacial score (nSPS) is 15.0. The molecule has 0 fully saturated rings. The molecule has 0 aliphatic carbocycles. The van der Waals surface area contributed by atoms with E-state index < -0.39 is 42.0 Å². The molecule has 0 aliphatic rings. The second-order valence-corrected chi connectivity index (χ2v) is 7.57. The maximum atomic E-state index is 12.8. The molecule has 0 aromatic carbocycles. The highest BCUT2D eigenvalue weighted by Crippen LogP contribution is 2.08. The van der Waals surface area contributed by atoms with Crippen molar-refractivity contribution in [1.82, 2.24) is 21.3 Å². The first kappa shape index (κ1) is 26.8. The lowest BCUT2D eigenvalue weighted by atomic mass is 10.0. The van der Waals surface area contributed by atoms with Crippen molar-refractivity contribution >= 4 is 23.6 Å². The van der Waals surface area contributed by atoms with Gasteiger partial charge in [0.2, 0.25) is 23.6 Å². The second-order valence-electron chi connectivity index (χ2n) is 7.57. The van der Waals surface area contributed by atoms with Crippen LogP contribution in [-0.2, 0) is 19.2 Å². The number of unbranched alkanes of at least 4 members (excludes halogenated alkanes) is 1. The molecule has 168 valence electrons. The van der Waals surface area contributed by atoms with Gasteiger partial charge in [0.15, 0.2) is 0 Å². The SMILES string of the molecule is CNC(=O)[C@H](CC(C)C)NC(=O)[C@H](CCCCN)NC(=O)[C@@H](NC(C)=O)[C@@H](C)O. The summed E-state index contributed by atoms with van der Waals surface area (Å²) in [5, 5.41) is 20.0. The Balaban J connectivity index is 5.35. The minimum atomic E-state index is -1.19. The van der Waals surface area contributed by atoms with E-state index in [-0.39, 0.29) is 11.8 Å². The van der Waals surface area contributed by atoms with E-state index in [4.69, 9.17) is 5.73 Å². The molecule has 29 heavy (non-hydrogen) atoms. The third kappa shape index (κ3) is 10.8. The minimum absolute atomic E-state index is 0.169. The van der Waals surface area contributed by atoms with Crippen molar-refractivity contribution in [1.29, 1.82) is 0 Å². The Hall–Kier alpha value is -2.20. The van der Waals surface area contributed by atoms with E-state index in [2.05, 4.69) is 21.3 Å². The smallest absolute Gasteiger partial charge is 0.245 e. The Labute approximate surface area is 172 Å². The first-order valence-corrected chi connectivity index (χ1v) is 10.0. The second kappa shape index (κ2) is 13.9. The van der Waals surface area contributed by atoms with E-state index in [0.717, 1.165) is 0 Å². The third-order valence-corrected chi connectivity index (χ3v) is 4.29. The molecule has 10 heteroatoms. The van der Waals surface area contributed by atoms with Gasteiger partial charge in [-0.05, 0) is 45.1 Å². The molecule has 0 radical (unpaired) electrons. The molecular weight excluding hydrogens is 378 g/mol. The fraction of sp³-hybridized carbons (Fsp3) is 0.789. The third-order valence-electron chi connectivity index (χ3n) is 4.29. The average Bonchev–Trinajstić information content (AvgIpc) is 2.63. The van der Waals surface area contributed by atoms with Gasteiger partial charge < -0.3 is 32.1 Å². The van der Waals surface area contributed by atoms with Crippen molar-refractivity contribution in [2.45, 2.75) is 77.6 Å². The first-order valence-electron chi connectivity index (χ1n) is 10.0. The van der Waals surface area contributed by atoms with E-state index >= 15 is 0 Å². The maximum absolute atomic E-state index is 12.8. The van der Waals surface area contributed by atoms with Crippen LogP contribution >= 0.6 is 0 Å². The van der Waals surface area contributed by atoms with Gasteiger partial charge in [-0.2, -0.15) is 0 Å². The van der Waals surface area contributed by atoms with Crippen LogP contribution in [0, 0.1) is 5.92 Å². The van der Waals surface area contributed by atoms with E-state index in [9.17, 15) is 24.3 Å². The number of aliphatic hydroxyl groups is 1. The van der Waals surface area contributed by atoms with Crippen LogP contribution < -0.4 is 27.0 Å². The molecule has 0 rings (SSSR count). The molecule has 4 atom stereocenters. The van der Waals surface area contributed by atoms with Gasteiger partial charge in [-0.15, -0.1) is 0 Å². The van der Waals surface area contributed by atoms with E-state index in [1.54, 1.807) is 0 Å². The number of hydrogen-bond donors (Lipinski definition) is 6. The van der Waals surface area contributed by atoms with Gasteiger partial charge in [-0.1, -0.05) is 13.8 Å². The summed E-state index contributed by atoms with van der Waals surface area (Å²) in [5.74, 6) is -1.81. The van der Waals surface area contributed by atoms with E-state index in [1.165, 1.54) is 20.9 Å². The lowest BCUT2D eigenvalue weighted by Crippen LogP contribution is -2.58. The molecule has 10 nitrogen and oxygen atoms in total. The molecule has 0 aromatic heterocycles. The van der Waals surface area contributed by atoms with Crippen molar-refractivity contribution in [3.05, 3.63) is 0 Å². The molecule has 7 N–H and O–H groups in total. The summed E-state index contributed by atoms with van der Waals surface area (Å²) in [6, 6.07) is -2.85. The van der Waals surface area contributed by atoms with Crippen LogP contribution in [0.15, 0.2) is 0 Å².